The quantitative estimate of drug-likeness (QED) is 0.0402. The number of benzene rings is 1. The van der Waals surface area contributed by atoms with E-state index in [4.69, 9.17) is 42.9 Å². The van der Waals surface area contributed by atoms with Crippen LogP contribution in [0.1, 0.15) is 62.1 Å². The molecule has 5 heterocycles. The smallest absolute Gasteiger partial charge is 0.408 e. The molecule has 0 spiro atoms. The Morgan fingerprint density at radius 1 is 0.914 bits per heavy atom. The summed E-state index contributed by atoms with van der Waals surface area (Å²) in [7, 11) is 3.92. The number of fused-ring (bicyclic) bond motifs is 5. The first-order chi connectivity index (χ1) is 28.4. The molecule has 2 atom stereocenters. The number of esters is 2. The Morgan fingerprint density at radius 3 is 2.29 bits per heavy atom. The molecule has 3 aliphatic heterocycles. The predicted octanol–water partition coefficient (Wildman–Crippen LogP) is 5.15. The highest BCUT2D eigenvalue weighted by Crippen LogP contribution is 2.41. The van der Waals surface area contributed by atoms with Gasteiger partial charge in [0.25, 0.3) is 5.56 Å². The van der Waals surface area contributed by atoms with Gasteiger partial charge >= 0.3 is 18.0 Å². The Balaban J connectivity index is 0.780. The number of nitrogens with zero attached hydrogens (tertiary/aromatic N) is 2. The summed E-state index contributed by atoms with van der Waals surface area (Å²) in [6.07, 6.45) is 4.08. The molecule has 15 nitrogen and oxygen atoms in total. The first-order valence-electron chi connectivity index (χ1n) is 20.0. The van der Waals surface area contributed by atoms with Gasteiger partial charge < -0.3 is 47.8 Å². The minimum absolute atomic E-state index is 0.0627. The molecule has 1 N–H and O–H groups in total. The van der Waals surface area contributed by atoms with Crippen LogP contribution in [0.4, 0.5) is 4.79 Å². The van der Waals surface area contributed by atoms with E-state index in [1.54, 1.807) is 17.6 Å². The average Bonchev–Trinajstić information content (AvgIpc) is 3.89. The summed E-state index contributed by atoms with van der Waals surface area (Å²) in [5.74, 6) is 0.339. The van der Waals surface area contributed by atoms with Gasteiger partial charge in [-0.2, -0.15) is 0 Å². The van der Waals surface area contributed by atoms with Crippen LogP contribution in [0.25, 0.3) is 22.3 Å². The monoisotopic (exact) mass is 843 g/mol. The third-order valence-electron chi connectivity index (χ3n) is 10.0. The number of para-hydroxylation sites is 1. The van der Waals surface area contributed by atoms with E-state index < -0.39 is 17.7 Å². The van der Waals surface area contributed by atoms with Gasteiger partial charge in [-0.15, -0.1) is 0 Å². The van der Waals surface area contributed by atoms with Gasteiger partial charge in [-0.05, 0) is 43.9 Å². The summed E-state index contributed by atoms with van der Waals surface area (Å²) in [6.45, 7) is 5.85. The zero-order valence-electron chi connectivity index (χ0n) is 33.0. The first kappa shape index (κ1) is 43.9. The van der Waals surface area contributed by atoms with Crippen molar-refractivity contribution in [3.63, 3.8) is 0 Å². The van der Waals surface area contributed by atoms with Gasteiger partial charge in [0.15, 0.2) is 0 Å². The van der Waals surface area contributed by atoms with E-state index in [1.807, 2.05) is 51.9 Å². The van der Waals surface area contributed by atoms with E-state index in [9.17, 15) is 19.2 Å². The number of nitrogens with one attached hydrogen (secondary N) is 1. The van der Waals surface area contributed by atoms with E-state index >= 15 is 0 Å². The molecule has 3 aromatic rings. The molecule has 17 heteroatoms. The molecule has 0 radical (unpaired) electrons. The maximum atomic E-state index is 13.7. The molecule has 6 rings (SSSR count). The molecule has 3 aliphatic rings. The number of pyridine rings is 2. The number of hydrogen-bond donors (Lipinski definition) is 1. The first-order valence-corrected chi connectivity index (χ1v) is 22.4. The standard InChI is InChI=1S/C41H53N3O12S2/c1-2-41(33-26-35-37-30(25-29-7-3-5-9-34(29)43-37)27-44(35)38(46)32(33)28-55-39(41)47)56-40(48)42-12-13-49-14-15-50-16-17-51-18-19-52-20-21-53-22-23-54-36(45)10-6-4-8-31-11-24-57-58-31/h3,5,7,9,25-26,31H,2,4,6,8,10-24,27-28H2,1H3,(H,42,48). The van der Waals surface area contributed by atoms with Crippen LogP contribution in [0.15, 0.2) is 41.2 Å². The van der Waals surface area contributed by atoms with Gasteiger partial charge in [0.05, 0.1) is 95.1 Å². The van der Waals surface area contributed by atoms with Gasteiger partial charge in [0.2, 0.25) is 5.60 Å². The largest absolute Gasteiger partial charge is 0.463 e. The number of carbonyl (C=O) groups is 3. The third-order valence-corrected chi connectivity index (χ3v) is 13.0. The molecule has 2 aromatic heterocycles. The van der Waals surface area contributed by atoms with Gasteiger partial charge in [-0.1, -0.05) is 53.1 Å². The van der Waals surface area contributed by atoms with Crippen LogP contribution in [0.2, 0.25) is 0 Å². The topological polar surface area (TPSA) is 172 Å². The van der Waals surface area contributed by atoms with Gasteiger partial charge in [0, 0.05) is 40.5 Å². The number of alkyl carbamates (subject to hydrolysis) is 1. The fourth-order valence-corrected chi connectivity index (χ4v) is 10.0. The van der Waals surface area contributed by atoms with Crippen molar-refractivity contribution in [3.8, 4) is 11.4 Å². The van der Waals surface area contributed by atoms with Crippen molar-refractivity contribution < 1.29 is 52.3 Å². The second-order valence-electron chi connectivity index (χ2n) is 13.9. The number of aromatic nitrogens is 2. The van der Waals surface area contributed by atoms with Crippen LogP contribution in [0, 0.1) is 0 Å². The molecule has 58 heavy (non-hydrogen) atoms. The number of rotatable bonds is 25. The number of cyclic esters (lactones) is 1. The van der Waals surface area contributed by atoms with E-state index in [0.717, 1.165) is 34.6 Å². The second kappa shape index (κ2) is 22.6. The highest BCUT2D eigenvalue weighted by molar-refractivity contribution is 8.77. The second-order valence-corrected chi connectivity index (χ2v) is 16.7. The Bertz CT molecular complexity index is 1910. The zero-order chi connectivity index (χ0) is 40.6. The number of unbranched alkanes of at least 4 members (excludes halogenated alkanes) is 1. The Kier molecular flexibility index (Phi) is 17.1. The maximum absolute atomic E-state index is 13.7. The number of amides is 1. The molecule has 2 unspecified atom stereocenters. The Hall–Kier alpha value is -3.71. The van der Waals surface area contributed by atoms with E-state index in [-0.39, 0.29) is 49.9 Å². The Morgan fingerprint density at radius 2 is 1.60 bits per heavy atom. The van der Waals surface area contributed by atoms with Crippen LogP contribution in [0.5, 0.6) is 0 Å². The zero-order valence-corrected chi connectivity index (χ0v) is 34.6. The van der Waals surface area contributed by atoms with E-state index in [0.29, 0.717) is 89.4 Å². The van der Waals surface area contributed by atoms with Crippen LogP contribution in [-0.2, 0) is 66.2 Å². The van der Waals surface area contributed by atoms with Crippen molar-refractivity contribution >= 4 is 50.5 Å². The highest BCUT2D eigenvalue weighted by atomic mass is 33.1. The Labute approximate surface area is 345 Å². The average molecular weight is 844 g/mol. The fraction of sp³-hybridized carbons (Fsp3) is 0.585. The molecule has 1 fully saturated rings. The van der Waals surface area contributed by atoms with Crippen molar-refractivity contribution in [2.24, 2.45) is 0 Å². The summed E-state index contributed by atoms with van der Waals surface area (Å²) in [4.78, 5) is 56.6. The van der Waals surface area contributed by atoms with Crippen molar-refractivity contribution in [1.29, 1.82) is 0 Å². The molecular formula is C41H53N3O12S2. The normalized spacial score (nSPS) is 18.1. The maximum Gasteiger partial charge on any atom is 0.408 e. The van der Waals surface area contributed by atoms with Crippen molar-refractivity contribution in [2.45, 2.75) is 69.5 Å². The lowest BCUT2D eigenvalue weighted by molar-refractivity contribution is -0.172. The predicted molar refractivity (Wildman–Crippen MR) is 219 cm³/mol. The molecule has 0 aliphatic carbocycles. The van der Waals surface area contributed by atoms with Crippen molar-refractivity contribution in [3.05, 3.63) is 63.4 Å². The summed E-state index contributed by atoms with van der Waals surface area (Å²) in [5.41, 5.74) is 1.40. The molecular weight excluding hydrogens is 791 g/mol. The van der Waals surface area contributed by atoms with Crippen LogP contribution in [-0.4, -0.2) is 118 Å². The van der Waals surface area contributed by atoms with Crippen LogP contribution < -0.4 is 10.9 Å². The van der Waals surface area contributed by atoms with Gasteiger partial charge in [-0.3, -0.25) is 9.59 Å². The van der Waals surface area contributed by atoms with Crippen LogP contribution in [0.3, 0.4) is 0 Å². The molecule has 1 saturated heterocycles. The lowest BCUT2D eigenvalue weighted by Gasteiger charge is -2.35. The van der Waals surface area contributed by atoms with Crippen LogP contribution >= 0.6 is 21.6 Å². The number of ether oxygens (including phenoxy) is 8. The van der Waals surface area contributed by atoms with Gasteiger partial charge in [-0.25, -0.2) is 14.6 Å². The van der Waals surface area contributed by atoms with E-state index in [2.05, 4.69) is 5.32 Å². The lowest BCUT2D eigenvalue weighted by atomic mass is 9.85. The minimum Gasteiger partial charge on any atom is -0.463 e. The summed E-state index contributed by atoms with van der Waals surface area (Å²) in [6, 6.07) is 11.5. The number of hydrogen-bond acceptors (Lipinski definition) is 15. The molecule has 1 amide bonds. The van der Waals surface area contributed by atoms with Crippen molar-refractivity contribution in [1.82, 2.24) is 14.9 Å². The molecule has 0 bridgehead atoms. The van der Waals surface area contributed by atoms with E-state index in [1.165, 1.54) is 18.6 Å². The summed E-state index contributed by atoms with van der Waals surface area (Å²) >= 11 is 0. The minimum atomic E-state index is -1.80. The van der Waals surface area contributed by atoms with Crippen molar-refractivity contribution in [2.75, 3.05) is 85.0 Å². The molecule has 1 aromatic carbocycles. The fourth-order valence-electron chi connectivity index (χ4n) is 6.98. The molecule has 0 saturated carbocycles. The summed E-state index contributed by atoms with van der Waals surface area (Å²) < 4.78 is 45.6. The lowest BCUT2D eigenvalue weighted by Crippen LogP contribution is -2.49. The SMILES string of the molecule is CCC1(OC(=O)NCCOCCOCCOCCOCCOCCOC(=O)CCCCC2CCSS2)C(=O)OCc2c1cc1n(c2=O)Cc2cc3ccccc3nc2-1. The summed E-state index contributed by atoms with van der Waals surface area (Å²) in [5, 5.41) is 4.34. The number of carbonyl (C=O) groups excluding carboxylic acids is 3. The highest BCUT2D eigenvalue weighted by Gasteiger charge is 2.50. The third kappa shape index (κ3) is 11.7. The van der Waals surface area contributed by atoms with Gasteiger partial charge in [0.1, 0.15) is 13.2 Å². The molecule has 316 valence electrons.